The highest BCUT2D eigenvalue weighted by atomic mass is 31.2. The highest BCUT2D eigenvalue weighted by Crippen LogP contribution is 2.64. The number of halogens is 11. The Morgan fingerprint density at radius 3 is 1.00 bits per heavy atom. The van der Waals surface area contributed by atoms with E-state index < -0.39 is 43.3 Å². The van der Waals surface area contributed by atoms with Crippen molar-refractivity contribution >= 4 is 23.2 Å². The smallest absolute Gasteiger partial charge is 0.195 e. The van der Waals surface area contributed by atoms with E-state index in [4.69, 9.17) is 0 Å². The van der Waals surface area contributed by atoms with Crippen LogP contribution >= 0.6 is 7.26 Å². The molecular weight excluding hydrogens is 528 g/mol. The van der Waals surface area contributed by atoms with Crippen LogP contribution in [0.2, 0.25) is 0 Å². The van der Waals surface area contributed by atoms with Crippen molar-refractivity contribution in [3.63, 3.8) is 0 Å². The zero-order chi connectivity index (χ0) is 27.0. The standard InChI is InChI=1S/C24H17F11P/c25-20(26,21(27,28)22(29,30)23(31,32)24(33,34)35)16-36(17-10-4-1-5-11-17,18-12-6-2-7-13-18)19-14-8-3-9-15-19/h1-15H,16H2/q+1. The van der Waals surface area contributed by atoms with E-state index in [-0.39, 0.29) is 15.9 Å². The molecule has 12 heteroatoms. The fraction of sp³-hybridized carbons (Fsp3) is 0.250. The summed E-state index contributed by atoms with van der Waals surface area (Å²) >= 11 is 0. The first-order valence-electron chi connectivity index (χ1n) is 10.2. The highest BCUT2D eigenvalue weighted by Gasteiger charge is 2.88. The van der Waals surface area contributed by atoms with Crippen LogP contribution in [-0.2, 0) is 0 Å². The van der Waals surface area contributed by atoms with Gasteiger partial charge in [-0.3, -0.25) is 0 Å². The van der Waals surface area contributed by atoms with Crippen molar-refractivity contribution in [1.29, 1.82) is 0 Å². The van der Waals surface area contributed by atoms with Crippen molar-refractivity contribution in [2.45, 2.75) is 29.9 Å². The summed E-state index contributed by atoms with van der Waals surface area (Å²) in [7, 11) is -4.02. The van der Waals surface area contributed by atoms with Crippen molar-refractivity contribution in [3.8, 4) is 0 Å². The number of rotatable bonds is 8. The molecule has 0 spiro atoms. The van der Waals surface area contributed by atoms with Gasteiger partial charge in [0.2, 0.25) is 0 Å². The predicted octanol–water partition coefficient (Wildman–Crippen LogP) is 7.08. The van der Waals surface area contributed by atoms with Gasteiger partial charge in [0.05, 0.1) is 0 Å². The number of hydrogen-bond donors (Lipinski definition) is 0. The summed E-state index contributed by atoms with van der Waals surface area (Å²) in [5.41, 5.74) is 0. The third-order valence-corrected chi connectivity index (χ3v) is 10.0. The minimum atomic E-state index is -7.46. The summed E-state index contributed by atoms with van der Waals surface area (Å²) in [6.07, 6.45) is -9.35. The Morgan fingerprint density at radius 2 is 0.722 bits per heavy atom. The van der Waals surface area contributed by atoms with Crippen LogP contribution in [0.15, 0.2) is 91.0 Å². The van der Waals surface area contributed by atoms with Gasteiger partial charge >= 0.3 is 29.9 Å². The second kappa shape index (κ2) is 9.32. The maximum atomic E-state index is 15.3. The molecule has 3 rings (SSSR count). The normalized spacial score (nSPS) is 14.1. The van der Waals surface area contributed by atoms with Crippen LogP contribution < -0.4 is 15.9 Å². The molecule has 0 atom stereocenters. The monoisotopic (exact) mass is 545 g/mol. The van der Waals surface area contributed by atoms with Crippen LogP contribution in [0.1, 0.15) is 0 Å². The van der Waals surface area contributed by atoms with Crippen LogP contribution in [0.5, 0.6) is 0 Å². The highest BCUT2D eigenvalue weighted by molar-refractivity contribution is 7.95. The Labute approximate surface area is 199 Å². The molecule has 194 valence electrons. The average molecular weight is 545 g/mol. The van der Waals surface area contributed by atoms with Gasteiger partial charge in [-0.1, -0.05) is 54.6 Å². The lowest BCUT2D eigenvalue weighted by Gasteiger charge is -2.39. The van der Waals surface area contributed by atoms with E-state index in [1.54, 1.807) is 0 Å². The minimum Gasteiger partial charge on any atom is -0.195 e. The summed E-state index contributed by atoms with van der Waals surface area (Å²) in [6.45, 7) is 0. The fourth-order valence-electron chi connectivity index (χ4n) is 3.77. The number of hydrogen-bond acceptors (Lipinski definition) is 0. The van der Waals surface area contributed by atoms with Crippen LogP contribution in [-0.4, -0.2) is 36.0 Å². The molecule has 0 aliphatic carbocycles. The zero-order valence-corrected chi connectivity index (χ0v) is 18.9. The maximum Gasteiger partial charge on any atom is 0.460 e. The van der Waals surface area contributed by atoms with Crippen molar-refractivity contribution in [2.75, 3.05) is 6.16 Å². The lowest BCUT2D eigenvalue weighted by molar-refractivity contribution is -0.419. The molecule has 0 aliphatic heterocycles. The van der Waals surface area contributed by atoms with E-state index in [9.17, 15) is 39.5 Å². The van der Waals surface area contributed by atoms with Gasteiger partial charge in [0.1, 0.15) is 29.3 Å². The summed E-state index contributed by atoms with van der Waals surface area (Å²) in [5, 5.41) is 0.0105. The fourth-order valence-corrected chi connectivity index (χ4v) is 8.05. The number of alkyl halides is 11. The van der Waals surface area contributed by atoms with Crippen LogP contribution in [0.4, 0.5) is 48.3 Å². The molecule has 0 fully saturated rings. The molecule has 0 nitrogen and oxygen atoms in total. The second-order valence-corrected chi connectivity index (χ2v) is 11.4. The first-order valence-corrected chi connectivity index (χ1v) is 12.1. The Bertz CT molecular complexity index is 1050. The predicted molar refractivity (Wildman–Crippen MR) is 116 cm³/mol. The molecule has 0 unspecified atom stereocenters. The van der Waals surface area contributed by atoms with Crippen LogP contribution in [0.3, 0.4) is 0 Å². The van der Waals surface area contributed by atoms with Crippen LogP contribution in [0.25, 0.3) is 0 Å². The molecule has 36 heavy (non-hydrogen) atoms. The quantitative estimate of drug-likeness (QED) is 0.210. The van der Waals surface area contributed by atoms with E-state index in [0.717, 1.165) is 0 Å². The van der Waals surface area contributed by atoms with Gasteiger partial charge in [0.25, 0.3) is 0 Å². The van der Waals surface area contributed by atoms with E-state index in [1.165, 1.54) is 91.0 Å². The van der Waals surface area contributed by atoms with Crippen molar-refractivity contribution in [3.05, 3.63) is 91.0 Å². The van der Waals surface area contributed by atoms with E-state index >= 15 is 8.78 Å². The first kappa shape index (κ1) is 27.9. The third-order valence-electron chi connectivity index (χ3n) is 5.63. The van der Waals surface area contributed by atoms with Gasteiger partial charge in [-0.15, -0.1) is 0 Å². The van der Waals surface area contributed by atoms with E-state index in [1.807, 2.05) is 0 Å². The molecule has 3 aromatic rings. The summed E-state index contributed by atoms with van der Waals surface area (Å²) in [6, 6.07) is 20.3. The molecule has 0 saturated heterocycles. The van der Waals surface area contributed by atoms with Crippen molar-refractivity contribution in [2.24, 2.45) is 0 Å². The summed E-state index contributed by atoms with van der Waals surface area (Å²) in [5.74, 6) is -28.0. The molecule has 0 amide bonds. The lowest BCUT2D eigenvalue weighted by Crippen LogP contribution is -2.67. The third kappa shape index (κ3) is 4.35. The van der Waals surface area contributed by atoms with Crippen molar-refractivity contribution < 1.29 is 48.3 Å². The minimum absolute atomic E-state index is 0.00349. The molecule has 0 saturated carbocycles. The molecule has 0 radical (unpaired) electrons. The van der Waals surface area contributed by atoms with Gasteiger partial charge in [0, 0.05) is 0 Å². The lowest BCUT2D eigenvalue weighted by atomic mass is 9.99. The summed E-state index contributed by atoms with van der Waals surface area (Å²) in [4.78, 5) is 0. The molecule has 0 aliphatic rings. The molecule has 0 aromatic heterocycles. The maximum absolute atomic E-state index is 15.3. The van der Waals surface area contributed by atoms with Gasteiger partial charge in [0.15, 0.2) is 0 Å². The van der Waals surface area contributed by atoms with E-state index in [2.05, 4.69) is 0 Å². The largest absolute Gasteiger partial charge is 0.460 e. The first-order chi connectivity index (χ1) is 16.5. The molecular formula is C24H17F11P+. The van der Waals surface area contributed by atoms with Crippen molar-refractivity contribution in [1.82, 2.24) is 0 Å². The molecule has 0 bridgehead atoms. The van der Waals surface area contributed by atoms with Gasteiger partial charge in [-0.05, 0) is 36.4 Å². The van der Waals surface area contributed by atoms with Crippen LogP contribution in [0, 0.1) is 0 Å². The Kier molecular flexibility index (Phi) is 7.22. The molecule has 3 aromatic carbocycles. The summed E-state index contributed by atoms with van der Waals surface area (Å²) < 4.78 is 153. The van der Waals surface area contributed by atoms with E-state index in [0.29, 0.717) is 0 Å². The molecule has 0 N–H and O–H groups in total. The Balaban J connectivity index is 2.30. The topological polar surface area (TPSA) is 0 Å². The van der Waals surface area contributed by atoms with Gasteiger partial charge in [-0.2, -0.15) is 48.3 Å². The number of benzene rings is 3. The zero-order valence-electron chi connectivity index (χ0n) is 18.0. The average Bonchev–Trinajstić information content (AvgIpc) is 2.83. The SMILES string of the molecule is FC(F)(F)C(F)(F)C(F)(F)C(F)(F)C(F)(F)C[P+](c1ccccc1)(c1ccccc1)c1ccccc1. The second-order valence-electron chi connectivity index (χ2n) is 7.90. The van der Waals surface area contributed by atoms with Gasteiger partial charge in [-0.25, -0.2) is 0 Å². The van der Waals surface area contributed by atoms with Gasteiger partial charge < -0.3 is 0 Å². The Hall–Kier alpha value is -2.68. The Morgan fingerprint density at radius 1 is 0.417 bits per heavy atom. The molecule has 0 heterocycles.